The maximum atomic E-state index is 12.2. The molecule has 0 aliphatic carbocycles. The standard InChI is InChI=1S/C26H36N4O2/c1-8-30-24-12-18(2)20(13-23(24)19(3)15-26(30,4)5)16-27-28-25(31)17-32-22-11-9-10-21(14-22)29(6)7/h9-14,16,19H,8,15,17H2,1-7H3,(H,28,31)/b27-16+. The van der Waals surface area contributed by atoms with Crippen molar-refractivity contribution in [1.82, 2.24) is 5.43 Å². The Hall–Kier alpha value is -3.02. The number of ether oxygens (including phenoxy) is 1. The summed E-state index contributed by atoms with van der Waals surface area (Å²) in [4.78, 5) is 16.7. The van der Waals surface area contributed by atoms with Crippen LogP contribution in [0.25, 0.3) is 0 Å². The molecule has 6 heteroatoms. The highest BCUT2D eigenvalue weighted by atomic mass is 16.5. The average Bonchev–Trinajstić information content (AvgIpc) is 2.73. The quantitative estimate of drug-likeness (QED) is 0.505. The van der Waals surface area contributed by atoms with Gasteiger partial charge in [-0.25, -0.2) is 5.43 Å². The van der Waals surface area contributed by atoms with E-state index in [0.29, 0.717) is 11.7 Å². The summed E-state index contributed by atoms with van der Waals surface area (Å²) >= 11 is 0. The number of hydrogen-bond acceptors (Lipinski definition) is 5. The molecule has 0 saturated heterocycles. The number of anilines is 2. The number of amides is 1. The smallest absolute Gasteiger partial charge is 0.277 e. The second kappa shape index (κ2) is 9.63. The van der Waals surface area contributed by atoms with Crippen molar-refractivity contribution in [3.63, 3.8) is 0 Å². The lowest BCUT2D eigenvalue weighted by atomic mass is 9.79. The fraction of sp³-hybridized carbons (Fsp3) is 0.462. The molecule has 1 aliphatic heterocycles. The van der Waals surface area contributed by atoms with Crippen LogP contribution in [-0.2, 0) is 4.79 Å². The largest absolute Gasteiger partial charge is 0.484 e. The normalized spacial score (nSPS) is 17.2. The van der Waals surface area contributed by atoms with E-state index in [9.17, 15) is 4.79 Å². The zero-order valence-electron chi connectivity index (χ0n) is 20.4. The minimum atomic E-state index is -0.292. The number of nitrogens with zero attached hydrogens (tertiary/aromatic N) is 3. The second-order valence-corrected chi connectivity index (χ2v) is 9.40. The first-order valence-electron chi connectivity index (χ1n) is 11.3. The third kappa shape index (κ3) is 5.23. The summed E-state index contributed by atoms with van der Waals surface area (Å²) in [6.07, 6.45) is 2.83. The zero-order valence-corrected chi connectivity index (χ0v) is 20.4. The first-order chi connectivity index (χ1) is 15.1. The van der Waals surface area contributed by atoms with Gasteiger partial charge in [-0.2, -0.15) is 5.10 Å². The molecule has 32 heavy (non-hydrogen) atoms. The monoisotopic (exact) mass is 436 g/mol. The molecule has 1 amide bonds. The van der Waals surface area contributed by atoms with Crippen molar-refractivity contribution >= 4 is 23.5 Å². The van der Waals surface area contributed by atoms with Gasteiger partial charge in [-0.3, -0.25) is 4.79 Å². The molecule has 0 bridgehead atoms. The minimum absolute atomic E-state index is 0.0883. The lowest BCUT2D eigenvalue weighted by Crippen LogP contribution is -2.48. The summed E-state index contributed by atoms with van der Waals surface area (Å²) < 4.78 is 5.60. The predicted molar refractivity (Wildman–Crippen MR) is 133 cm³/mol. The van der Waals surface area contributed by atoms with E-state index in [0.717, 1.165) is 29.8 Å². The van der Waals surface area contributed by atoms with Gasteiger partial charge < -0.3 is 14.5 Å². The summed E-state index contributed by atoms with van der Waals surface area (Å²) in [5.41, 5.74) is 8.54. The molecule has 2 aromatic rings. The van der Waals surface area contributed by atoms with Crippen molar-refractivity contribution in [2.45, 2.75) is 52.5 Å². The molecular formula is C26H36N4O2. The molecule has 0 saturated carbocycles. The Morgan fingerprint density at radius 3 is 2.75 bits per heavy atom. The van der Waals surface area contributed by atoms with Crippen LogP contribution in [-0.4, -0.2) is 44.9 Å². The molecule has 0 aromatic heterocycles. The van der Waals surface area contributed by atoms with Crippen LogP contribution in [0.2, 0.25) is 0 Å². The Kier molecular flexibility index (Phi) is 7.12. The lowest BCUT2D eigenvalue weighted by molar-refractivity contribution is -0.123. The van der Waals surface area contributed by atoms with Gasteiger partial charge in [0, 0.05) is 43.6 Å². The molecule has 3 rings (SSSR count). The van der Waals surface area contributed by atoms with Crippen LogP contribution < -0.4 is 20.0 Å². The first kappa shape index (κ1) is 23.6. The van der Waals surface area contributed by atoms with E-state index < -0.39 is 0 Å². The van der Waals surface area contributed by atoms with E-state index in [4.69, 9.17) is 4.74 Å². The van der Waals surface area contributed by atoms with Crippen LogP contribution in [0, 0.1) is 6.92 Å². The second-order valence-electron chi connectivity index (χ2n) is 9.40. The van der Waals surface area contributed by atoms with E-state index in [-0.39, 0.29) is 18.1 Å². The fourth-order valence-electron chi connectivity index (χ4n) is 4.59. The van der Waals surface area contributed by atoms with Crippen molar-refractivity contribution < 1.29 is 9.53 Å². The number of aryl methyl sites for hydroxylation is 1. The van der Waals surface area contributed by atoms with E-state index in [1.807, 2.05) is 43.3 Å². The zero-order chi connectivity index (χ0) is 23.5. The molecule has 6 nitrogen and oxygen atoms in total. The average molecular weight is 437 g/mol. The van der Waals surface area contributed by atoms with E-state index in [1.165, 1.54) is 11.3 Å². The van der Waals surface area contributed by atoms with Gasteiger partial charge in [-0.1, -0.05) is 13.0 Å². The SMILES string of the molecule is CCN1c2cc(C)c(/C=N/NC(=O)COc3cccc(N(C)C)c3)cc2C(C)CC1(C)C. The number of hydrogen-bond donors (Lipinski definition) is 1. The maximum Gasteiger partial charge on any atom is 0.277 e. The molecule has 1 heterocycles. The number of nitrogens with one attached hydrogen (secondary N) is 1. The number of fused-ring (bicyclic) bond motifs is 1. The van der Waals surface area contributed by atoms with Gasteiger partial charge in [0.25, 0.3) is 5.91 Å². The number of rotatable bonds is 7. The van der Waals surface area contributed by atoms with Crippen LogP contribution >= 0.6 is 0 Å². The van der Waals surface area contributed by atoms with Gasteiger partial charge in [0.15, 0.2) is 6.61 Å². The molecule has 1 atom stereocenters. The van der Waals surface area contributed by atoms with E-state index in [2.05, 4.69) is 62.2 Å². The Bertz CT molecular complexity index is 997. The van der Waals surface area contributed by atoms with Gasteiger partial charge in [-0.05, 0) is 81.0 Å². The highest BCUT2D eigenvalue weighted by molar-refractivity contribution is 5.86. The van der Waals surface area contributed by atoms with Crippen molar-refractivity contribution in [1.29, 1.82) is 0 Å². The predicted octanol–water partition coefficient (Wildman–Crippen LogP) is 4.70. The van der Waals surface area contributed by atoms with E-state index >= 15 is 0 Å². The third-order valence-corrected chi connectivity index (χ3v) is 6.19. The number of carbonyl (C=O) groups excluding carboxylic acids is 1. The van der Waals surface area contributed by atoms with Crippen LogP contribution in [0.3, 0.4) is 0 Å². The topological polar surface area (TPSA) is 57.2 Å². The van der Waals surface area contributed by atoms with E-state index in [1.54, 1.807) is 6.21 Å². The highest BCUT2D eigenvalue weighted by Crippen LogP contribution is 2.43. The van der Waals surface area contributed by atoms with Crippen molar-refractivity contribution in [2.24, 2.45) is 5.10 Å². The molecule has 1 aliphatic rings. The van der Waals surface area contributed by atoms with Crippen molar-refractivity contribution in [3.8, 4) is 5.75 Å². The molecule has 172 valence electrons. The van der Waals surface area contributed by atoms with Gasteiger partial charge >= 0.3 is 0 Å². The molecular weight excluding hydrogens is 400 g/mol. The Morgan fingerprint density at radius 1 is 1.31 bits per heavy atom. The van der Waals surface area contributed by atoms with Crippen LogP contribution in [0.5, 0.6) is 5.75 Å². The summed E-state index contributed by atoms with van der Waals surface area (Å²) in [7, 11) is 3.93. The number of carbonyl (C=O) groups is 1. The molecule has 0 spiro atoms. The number of hydrazone groups is 1. The molecule has 1 N–H and O–H groups in total. The Morgan fingerprint density at radius 2 is 2.06 bits per heavy atom. The third-order valence-electron chi connectivity index (χ3n) is 6.19. The minimum Gasteiger partial charge on any atom is -0.484 e. The van der Waals surface area contributed by atoms with Crippen LogP contribution in [0.1, 0.15) is 56.7 Å². The molecule has 2 aromatic carbocycles. The summed E-state index contributed by atoms with van der Waals surface area (Å²) in [5, 5.41) is 4.18. The van der Waals surface area contributed by atoms with Crippen LogP contribution in [0.4, 0.5) is 11.4 Å². The summed E-state index contributed by atoms with van der Waals surface area (Å²) in [5.74, 6) is 0.828. The summed E-state index contributed by atoms with van der Waals surface area (Å²) in [6.45, 7) is 12.1. The van der Waals surface area contributed by atoms with Crippen molar-refractivity contribution in [2.75, 3.05) is 37.0 Å². The first-order valence-corrected chi connectivity index (χ1v) is 11.3. The van der Waals surface area contributed by atoms with Crippen LogP contribution in [0.15, 0.2) is 41.5 Å². The summed E-state index contributed by atoms with van der Waals surface area (Å²) in [6, 6.07) is 12.1. The van der Waals surface area contributed by atoms with Gasteiger partial charge in [-0.15, -0.1) is 0 Å². The Labute approximate surface area is 192 Å². The van der Waals surface area contributed by atoms with Gasteiger partial charge in [0.2, 0.25) is 0 Å². The molecule has 0 fully saturated rings. The molecule has 1 unspecified atom stereocenters. The van der Waals surface area contributed by atoms with Gasteiger partial charge in [0.1, 0.15) is 5.75 Å². The Balaban J connectivity index is 1.65. The van der Waals surface area contributed by atoms with Crippen molar-refractivity contribution in [3.05, 3.63) is 53.1 Å². The fourth-order valence-corrected chi connectivity index (χ4v) is 4.59. The maximum absolute atomic E-state index is 12.2. The van der Waals surface area contributed by atoms with Gasteiger partial charge in [0.05, 0.1) is 6.21 Å². The lowest BCUT2D eigenvalue weighted by Gasteiger charge is -2.47. The molecule has 0 radical (unpaired) electrons. The highest BCUT2D eigenvalue weighted by Gasteiger charge is 2.35. The number of benzene rings is 2.